The molecule has 2 N–H and O–H groups in total. The van der Waals surface area contributed by atoms with Crippen molar-refractivity contribution >= 4 is 11.6 Å². The van der Waals surface area contributed by atoms with Crippen LogP contribution in [-0.2, 0) is 4.79 Å². The third-order valence-corrected chi connectivity index (χ3v) is 2.83. The number of amides is 1. The largest absolute Gasteiger partial charge is 0.273 e. The van der Waals surface area contributed by atoms with Gasteiger partial charge in [-0.1, -0.05) is 43.9 Å². The summed E-state index contributed by atoms with van der Waals surface area (Å²) < 4.78 is 0. The first-order valence-corrected chi connectivity index (χ1v) is 6.29. The average molecular weight is 234 g/mol. The Labute approximate surface area is 104 Å². The lowest BCUT2D eigenvalue weighted by molar-refractivity contribution is -0.118. The molecular formula is C14H22N2O. The minimum Gasteiger partial charge on any atom is -0.273 e. The Bertz CT molecular complexity index is 346. The van der Waals surface area contributed by atoms with Gasteiger partial charge in [-0.05, 0) is 25.5 Å². The highest BCUT2D eigenvalue weighted by Gasteiger charge is 2.10. The van der Waals surface area contributed by atoms with Crippen molar-refractivity contribution in [3.8, 4) is 0 Å². The smallest absolute Gasteiger partial charge is 0.241 e. The summed E-state index contributed by atoms with van der Waals surface area (Å²) in [6.45, 7) is 4.17. The maximum absolute atomic E-state index is 11.8. The Morgan fingerprint density at radius 1 is 1.18 bits per heavy atom. The van der Waals surface area contributed by atoms with Crippen molar-refractivity contribution in [2.24, 2.45) is 5.84 Å². The second kappa shape index (κ2) is 7.07. The number of benzene rings is 1. The highest BCUT2D eigenvalue weighted by atomic mass is 16.2. The Balaban J connectivity index is 2.43. The van der Waals surface area contributed by atoms with Crippen LogP contribution in [0.2, 0.25) is 0 Å². The van der Waals surface area contributed by atoms with E-state index in [0.717, 1.165) is 24.1 Å². The molecule has 0 radical (unpaired) electrons. The lowest BCUT2D eigenvalue weighted by atomic mass is 10.1. The molecule has 0 bridgehead atoms. The number of aryl methyl sites for hydroxylation is 1. The molecule has 0 aliphatic heterocycles. The maximum atomic E-state index is 11.8. The minimum atomic E-state index is -0.00930. The van der Waals surface area contributed by atoms with Gasteiger partial charge in [-0.15, -0.1) is 0 Å². The van der Waals surface area contributed by atoms with Crippen LogP contribution < -0.4 is 10.9 Å². The number of hydrazine groups is 1. The van der Waals surface area contributed by atoms with E-state index in [1.54, 1.807) is 0 Å². The van der Waals surface area contributed by atoms with Gasteiger partial charge in [0.05, 0.1) is 5.69 Å². The highest BCUT2D eigenvalue weighted by molar-refractivity contribution is 5.92. The van der Waals surface area contributed by atoms with Crippen LogP contribution in [0.4, 0.5) is 5.69 Å². The first kappa shape index (κ1) is 13.7. The molecule has 1 amide bonds. The molecule has 1 aromatic rings. The summed E-state index contributed by atoms with van der Waals surface area (Å²) in [6, 6.07) is 7.66. The summed E-state index contributed by atoms with van der Waals surface area (Å²) in [5.74, 6) is 5.78. The summed E-state index contributed by atoms with van der Waals surface area (Å²) in [5.41, 5.74) is 1.92. The van der Waals surface area contributed by atoms with E-state index in [1.807, 2.05) is 31.2 Å². The standard InChI is InChI=1S/C14H22N2O/c1-3-4-5-6-7-14(17)16(15)13-10-8-12(2)9-11-13/h8-11H,3-7,15H2,1-2H3. The SMILES string of the molecule is CCCCCCC(=O)N(N)c1ccc(C)cc1. The van der Waals surface area contributed by atoms with Gasteiger partial charge in [0.25, 0.3) is 0 Å². The Morgan fingerprint density at radius 2 is 1.82 bits per heavy atom. The van der Waals surface area contributed by atoms with Crippen LogP contribution in [-0.4, -0.2) is 5.91 Å². The van der Waals surface area contributed by atoms with Gasteiger partial charge in [0, 0.05) is 6.42 Å². The second-order valence-electron chi connectivity index (χ2n) is 4.41. The van der Waals surface area contributed by atoms with Gasteiger partial charge in [-0.3, -0.25) is 4.79 Å². The molecule has 0 aliphatic carbocycles. The van der Waals surface area contributed by atoms with Crippen molar-refractivity contribution in [1.29, 1.82) is 0 Å². The van der Waals surface area contributed by atoms with Crippen LogP contribution in [0, 0.1) is 6.92 Å². The molecular weight excluding hydrogens is 212 g/mol. The number of nitrogens with two attached hydrogens (primary N) is 1. The number of hydrogen-bond acceptors (Lipinski definition) is 2. The summed E-state index contributed by atoms with van der Waals surface area (Å²) in [4.78, 5) is 11.8. The molecule has 0 atom stereocenters. The van der Waals surface area contributed by atoms with Gasteiger partial charge in [0.2, 0.25) is 5.91 Å². The molecule has 94 valence electrons. The first-order chi connectivity index (χ1) is 8.15. The maximum Gasteiger partial charge on any atom is 0.241 e. The fourth-order valence-electron chi connectivity index (χ4n) is 1.67. The van der Waals surface area contributed by atoms with Crippen LogP contribution in [0.15, 0.2) is 24.3 Å². The van der Waals surface area contributed by atoms with Gasteiger partial charge in [-0.25, -0.2) is 10.9 Å². The molecule has 1 aromatic carbocycles. The molecule has 3 nitrogen and oxygen atoms in total. The van der Waals surface area contributed by atoms with Crippen molar-refractivity contribution in [3.05, 3.63) is 29.8 Å². The van der Waals surface area contributed by atoms with Crippen molar-refractivity contribution in [3.63, 3.8) is 0 Å². The van der Waals surface area contributed by atoms with Crippen LogP contribution in [0.3, 0.4) is 0 Å². The van der Waals surface area contributed by atoms with Gasteiger partial charge in [-0.2, -0.15) is 0 Å². The molecule has 0 unspecified atom stereocenters. The predicted octanol–water partition coefficient (Wildman–Crippen LogP) is 3.17. The number of hydrogen-bond donors (Lipinski definition) is 1. The second-order valence-corrected chi connectivity index (χ2v) is 4.41. The monoisotopic (exact) mass is 234 g/mol. The van der Waals surface area contributed by atoms with E-state index in [4.69, 9.17) is 5.84 Å². The van der Waals surface area contributed by atoms with Crippen LogP contribution in [0.25, 0.3) is 0 Å². The molecule has 17 heavy (non-hydrogen) atoms. The highest BCUT2D eigenvalue weighted by Crippen LogP contribution is 2.14. The molecule has 0 spiro atoms. The fraction of sp³-hybridized carbons (Fsp3) is 0.500. The summed E-state index contributed by atoms with van der Waals surface area (Å²) >= 11 is 0. The normalized spacial score (nSPS) is 10.3. The van der Waals surface area contributed by atoms with E-state index in [1.165, 1.54) is 17.9 Å². The van der Waals surface area contributed by atoms with Crippen LogP contribution in [0.1, 0.15) is 44.6 Å². The number of nitrogens with zero attached hydrogens (tertiary/aromatic N) is 1. The first-order valence-electron chi connectivity index (χ1n) is 6.29. The third kappa shape index (κ3) is 4.57. The lowest BCUT2D eigenvalue weighted by Gasteiger charge is -2.16. The summed E-state index contributed by atoms with van der Waals surface area (Å²) in [5, 5.41) is 1.26. The number of carbonyl (C=O) groups excluding carboxylic acids is 1. The van der Waals surface area contributed by atoms with Gasteiger partial charge >= 0.3 is 0 Å². The molecule has 0 fully saturated rings. The fourth-order valence-corrected chi connectivity index (χ4v) is 1.67. The van der Waals surface area contributed by atoms with E-state index < -0.39 is 0 Å². The van der Waals surface area contributed by atoms with E-state index in [-0.39, 0.29) is 5.91 Å². The topological polar surface area (TPSA) is 46.3 Å². The Morgan fingerprint density at radius 3 is 2.41 bits per heavy atom. The predicted molar refractivity (Wildman–Crippen MR) is 71.6 cm³/mol. The molecule has 0 saturated heterocycles. The van der Waals surface area contributed by atoms with Crippen molar-refractivity contribution < 1.29 is 4.79 Å². The number of unbranched alkanes of at least 4 members (excludes halogenated alkanes) is 3. The molecule has 0 saturated carbocycles. The zero-order valence-corrected chi connectivity index (χ0v) is 10.8. The van der Waals surface area contributed by atoms with E-state index in [2.05, 4.69) is 6.92 Å². The molecule has 0 aromatic heterocycles. The number of rotatable bonds is 6. The minimum absolute atomic E-state index is 0.00930. The lowest BCUT2D eigenvalue weighted by Crippen LogP contribution is -2.37. The Kier molecular flexibility index (Phi) is 5.70. The van der Waals surface area contributed by atoms with Crippen molar-refractivity contribution in [2.75, 3.05) is 5.01 Å². The van der Waals surface area contributed by atoms with E-state index in [0.29, 0.717) is 6.42 Å². The van der Waals surface area contributed by atoms with Gasteiger partial charge in [0.15, 0.2) is 0 Å². The van der Waals surface area contributed by atoms with Crippen molar-refractivity contribution in [1.82, 2.24) is 0 Å². The molecule has 3 heteroatoms. The molecule has 0 heterocycles. The number of anilines is 1. The third-order valence-electron chi connectivity index (χ3n) is 2.83. The quantitative estimate of drug-likeness (QED) is 0.355. The zero-order valence-electron chi connectivity index (χ0n) is 10.8. The average Bonchev–Trinajstić information content (AvgIpc) is 2.34. The van der Waals surface area contributed by atoms with Crippen molar-refractivity contribution in [2.45, 2.75) is 46.0 Å². The Hall–Kier alpha value is -1.35. The summed E-state index contributed by atoms with van der Waals surface area (Å²) in [7, 11) is 0. The number of carbonyl (C=O) groups is 1. The van der Waals surface area contributed by atoms with Gasteiger partial charge < -0.3 is 0 Å². The van der Waals surface area contributed by atoms with Crippen LogP contribution >= 0.6 is 0 Å². The zero-order chi connectivity index (χ0) is 12.7. The van der Waals surface area contributed by atoms with Gasteiger partial charge in [0.1, 0.15) is 0 Å². The van der Waals surface area contributed by atoms with E-state index in [9.17, 15) is 4.79 Å². The molecule has 0 aliphatic rings. The molecule has 1 rings (SSSR count). The summed E-state index contributed by atoms with van der Waals surface area (Å²) in [6.07, 6.45) is 4.92. The van der Waals surface area contributed by atoms with Crippen LogP contribution in [0.5, 0.6) is 0 Å². The van der Waals surface area contributed by atoms with E-state index >= 15 is 0 Å².